The van der Waals surface area contributed by atoms with Crippen molar-refractivity contribution in [3.8, 4) is 0 Å². The van der Waals surface area contributed by atoms with Crippen LogP contribution in [0.5, 0.6) is 0 Å². The highest BCUT2D eigenvalue weighted by Gasteiger charge is 2.32. The molecule has 0 amide bonds. The van der Waals surface area contributed by atoms with Gasteiger partial charge in [-0.3, -0.25) is 4.79 Å². The molecule has 0 bridgehead atoms. The zero-order chi connectivity index (χ0) is 14.4. The molecular formula is C15H8Br2F2O. The Hall–Kier alpha value is -1.07. The minimum Gasteiger partial charge on any atom is -0.289 e. The minimum absolute atomic E-state index is 0.200. The fraction of sp³-hybridized carbons (Fsp3) is 0.133. The molecule has 0 unspecified atom stereocenters. The summed E-state index contributed by atoms with van der Waals surface area (Å²) in [7, 11) is 0. The molecule has 0 aliphatic heterocycles. The van der Waals surface area contributed by atoms with Crippen molar-refractivity contribution in [3.05, 3.63) is 70.3 Å². The van der Waals surface area contributed by atoms with Gasteiger partial charge in [-0.25, -0.2) is 8.78 Å². The zero-order valence-electron chi connectivity index (χ0n) is 10.0. The Morgan fingerprint density at radius 2 is 1.20 bits per heavy atom. The van der Waals surface area contributed by atoms with E-state index in [0.29, 0.717) is 11.1 Å². The Kier molecular flexibility index (Phi) is 3.50. The molecule has 3 rings (SSSR count). The molecule has 0 spiro atoms. The van der Waals surface area contributed by atoms with Crippen LogP contribution >= 0.6 is 31.9 Å². The summed E-state index contributed by atoms with van der Waals surface area (Å²) in [6, 6.07) is 8.20. The van der Waals surface area contributed by atoms with Gasteiger partial charge in [0.25, 0.3) is 0 Å². The molecule has 2 aromatic carbocycles. The number of alkyl halides is 2. The first-order valence-electron chi connectivity index (χ1n) is 5.91. The number of ketones is 1. The number of rotatable bonds is 0. The molecule has 0 heterocycles. The summed E-state index contributed by atoms with van der Waals surface area (Å²) in [6.45, 7) is 0. The minimum atomic E-state index is -0.484. The van der Waals surface area contributed by atoms with E-state index in [-0.39, 0.29) is 26.6 Å². The molecule has 0 fully saturated rings. The lowest BCUT2D eigenvalue weighted by molar-refractivity contribution is 0.103. The Labute approximate surface area is 131 Å². The number of carbonyl (C=O) groups excluding carboxylic acids is 1. The Bertz CT molecular complexity index is 656. The van der Waals surface area contributed by atoms with E-state index in [1.165, 1.54) is 24.3 Å². The van der Waals surface area contributed by atoms with Gasteiger partial charge >= 0.3 is 0 Å². The van der Waals surface area contributed by atoms with Crippen molar-refractivity contribution in [2.75, 3.05) is 0 Å². The van der Waals surface area contributed by atoms with Gasteiger partial charge in [0.05, 0.1) is 9.65 Å². The van der Waals surface area contributed by atoms with Gasteiger partial charge < -0.3 is 0 Å². The number of hydrogen-bond donors (Lipinski definition) is 0. The van der Waals surface area contributed by atoms with Crippen LogP contribution in [-0.2, 0) is 0 Å². The number of halogens is 4. The van der Waals surface area contributed by atoms with E-state index in [1.807, 2.05) is 0 Å². The molecule has 1 nitrogen and oxygen atoms in total. The maximum absolute atomic E-state index is 13.4. The summed E-state index contributed by atoms with van der Waals surface area (Å²) < 4.78 is 26.9. The molecule has 0 saturated carbocycles. The van der Waals surface area contributed by atoms with E-state index < -0.39 is 11.6 Å². The fourth-order valence-corrected chi connectivity index (χ4v) is 3.76. The third-order valence-electron chi connectivity index (χ3n) is 3.37. The van der Waals surface area contributed by atoms with Gasteiger partial charge in [0.15, 0.2) is 5.78 Å². The SMILES string of the molecule is O=C1c2cc(F)ccc2[C@H](Br)[C@@H](Br)c2ccc(F)cc21. The summed E-state index contributed by atoms with van der Waals surface area (Å²) in [5.74, 6) is -1.33. The van der Waals surface area contributed by atoms with Crippen LogP contribution in [0.4, 0.5) is 8.78 Å². The van der Waals surface area contributed by atoms with Gasteiger partial charge in [-0.15, -0.1) is 0 Å². The van der Waals surface area contributed by atoms with Crippen molar-refractivity contribution in [1.29, 1.82) is 0 Å². The predicted molar refractivity (Wildman–Crippen MR) is 79.6 cm³/mol. The maximum Gasteiger partial charge on any atom is 0.193 e. The van der Waals surface area contributed by atoms with Crippen molar-refractivity contribution in [1.82, 2.24) is 0 Å². The Balaban J connectivity index is 2.32. The first kappa shape index (κ1) is 13.9. The van der Waals surface area contributed by atoms with E-state index in [0.717, 1.165) is 0 Å². The smallest absolute Gasteiger partial charge is 0.193 e. The van der Waals surface area contributed by atoms with Crippen LogP contribution in [0.2, 0.25) is 0 Å². The highest BCUT2D eigenvalue weighted by atomic mass is 79.9. The molecule has 1 aliphatic rings. The van der Waals surface area contributed by atoms with Crippen molar-refractivity contribution >= 4 is 37.6 Å². The van der Waals surface area contributed by atoms with Crippen LogP contribution in [0, 0.1) is 11.6 Å². The lowest BCUT2D eigenvalue weighted by Gasteiger charge is -2.16. The lowest BCUT2D eigenvalue weighted by Crippen LogP contribution is -2.05. The molecule has 2 aromatic rings. The van der Waals surface area contributed by atoms with Crippen LogP contribution < -0.4 is 0 Å². The first-order chi connectivity index (χ1) is 9.49. The van der Waals surface area contributed by atoms with E-state index in [9.17, 15) is 13.6 Å². The highest BCUT2D eigenvalue weighted by molar-refractivity contribution is 9.12. The molecule has 102 valence electrons. The molecule has 0 aromatic heterocycles. The van der Waals surface area contributed by atoms with Crippen molar-refractivity contribution < 1.29 is 13.6 Å². The summed E-state index contributed by atoms with van der Waals surface area (Å²) in [6.07, 6.45) is 0. The third kappa shape index (κ3) is 2.13. The van der Waals surface area contributed by atoms with Crippen molar-refractivity contribution in [2.45, 2.75) is 9.65 Å². The molecule has 1 aliphatic carbocycles. The topological polar surface area (TPSA) is 17.1 Å². The summed E-state index contributed by atoms with van der Waals surface area (Å²) >= 11 is 7.06. The van der Waals surface area contributed by atoms with Crippen LogP contribution in [0.15, 0.2) is 36.4 Å². The fourth-order valence-electron chi connectivity index (χ4n) is 2.39. The van der Waals surface area contributed by atoms with Crippen LogP contribution in [0.3, 0.4) is 0 Å². The Morgan fingerprint density at radius 1 is 0.800 bits per heavy atom. The zero-order valence-corrected chi connectivity index (χ0v) is 13.2. The largest absolute Gasteiger partial charge is 0.289 e. The summed E-state index contributed by atoms with van der Waals surface area (Å²) in [5, 5.41) is 0. The lowest BCUT2D eigenvalue weighted by atomic mass is 9.99. The van der Waals surface area contributed by atoms with Gasteiger partial charge in [-0.2, -0.15) is 0 Å². The van der Waals surface area contributed by atoms with E-state index in [2.05, 4.69) is 31.9 Å². The molecule has 5 heteroatoms. The number of carbonyl (C=O) groups is 1. The van der Waals surface area contributed by atoms with Crippen LogP contribution in [-0.4, -0.2) is 5.78 Å². The van der Waals surface area contributed by atoms with Gasteiger partial charge in [0.1, 0.15) is 11.6 Å². The summed E-state index contributed by atoms with van der Waals surface area (Å²) in [5.41, 5.74) is 1.91. The normalized spacial score (nSPS) is 21.1. The molecule has 0 saturated heterocycles. The highest BCUT2D eigenvalue weighted by Crippen LogP contribution is 2.47. The maximum atomic E-state index is 13.4. The van der Waals surface area contributed by atoms with E-state index in [1.54, 1.807) is 12.1 Å². The van der Waals surface area contributed by atoms with Crippen LogP contribution in [0.1, 0.15) is 36.7 Å². The molecular weight excluding hydrogens is 394 g/mol. The Morgan fingerprint density at radius 3 is 1.60 bits per heavy atom. The van der Waals surface area contributed by atoms with Gasteiger partial charge in [-0.1, -0.05) is 44.0 Å². The second kappa shape index (κ2) is 5.04. The van der Waals surface area contributed by atoms with Crippen molar-refractivity contribution in [3.63, 3.8) is 0 Å². The van der Waals surface area contributed by atoms with Gasteiger partial charge in [-0.05, 0) is 35.4 Å². The van der Waals surface area contributed by atoms with Gasteiger partial charge in [0.2, 0.25) is 0 Å². The summed E-state index contributed by atoms with van der Waals surface area (Å²) in [4.78, 5) is 12.1. The average molecular weight is 402 g/mol. The van der Waals surface area contributed by atoms with E-state index in [4.69, 9.17) is 0 Å². The van der Waals surface area contributed by atoms with Crippen molar-refractivity contribution in [2.24, 2.45) is 0 Å². The molecule has 0 radical (unpaired) electrons. The molecule has 2 atom stereocenters. The number of hydrogen-bond acceptors (Lipinski definition) is 1. The number of fused-ring (bicyclic) bond motifs is 2. The number of benzene rings is 2. The second-order valence-corrected chi connectivity index (χ2v) is 6.57. The predicted octanol–water partition coefficient (Wildman–Crippen LogP) is 5.08. The first-order valence-corrected chi connectivity index (χ1v) is 7.74. The van der Waals surface area contributed by atoms with Gasteiger partial charge in [0, 0.05) is 11.1 Å². The third-order valence-corrected chi connectivity index (χ3v) is 6.12. The monoisotopic (exact) mass is 400 g/mol. The quantitative estimate of drug-likeness (QED) is 0.562. The second-order valence-electron chi connectivity index (χ2n) is 4.60. The average Bonchev–Trinajstić information content (AvgIpc) is 2.50. The molecule has 20 heavy (non-hydrogen) atoms. The standard InChI is InChI=1S/C15H8Br2F2O/c16-13-9-3-1-7(18)5-11(9)15(20)12-6-8(19)2-4-10(12)14(13)17/h1-6,13-14H/t13-,14-/m0/s1. The molecule has 0 N–H and O–H groups in total. The van der Waals surface area contributed by atoms with E-state index >= 15 is 0 Å². The van der Waals surface area contributed by atoms with Crippen LogP contribution in [0.25, 0.3) is 0 Å².